The van der Waals surface area contributed by atoms with E-state index < -0.39 is 12.1 Å². The minimum atomic E-state index is -0.932. The molecule has 1 unspecified atom stereocenters. The molecule has 0 aromatic heterocycles. The molecule has 4 nitrogen and oxygen atoms in total. The Bertz CT molecular complexity index is 758. The first-order valence-electron chi connectivity index (χ1n) is 7.79. The maximum Gasteiger partial charge on any atom is 0.340 e. The molecule has 0 heterocycles. The van der Waals surface area contributed by atoms with Crippen LogP contribution in [-0.4, -0.2) is 18.0 Å². The molecule has 0 saturated heterocycles. The van der Waals surface area contributed by atoms with Gasteiger partial charge in [-0.25, -0.2) is 4.79 Å². The van der Waals surface area contributed by atoms with Crippen LogP contribution in [0.4, 0.5) is 5.69 Å². The largest absolute Gasteiger partial charge is 0.449 e. The molecule has 2 aromatic rings. The average molecular weight is 346 g/mol. The molecule has 1 N–H and O–H groups in total. The molecule has 2 aromatic carbocycles. The molecular formula is C19H20ClNO3. The molecule has 2 rings (SSSR count). The fourth-order valence-electron chi connectivity index (χ4n) is 2.33. The topological polar surface area (TPSA) is 55.4 Å². The minimum absolute atomic E-state index is 0.240. The van der Waals surface area contributed by atoms with E-state index in [0.717, 1.165) is 23.2 Å². The van der Waals surface area contributed by atoms with Gasteiger partial charge >= 0.3 is 5.97 Å². The predicted molar refractivity (Wildman–Crippen MR) is 95.5 cm³/mol. The lowest BCUT2D eigenvalue weighted by atomic mass is 10.1. The Morgan fingerprint density at radius 3 is 2.54 bits per heavy atom. The molecule has 126 valence electrons. The van der Waals surface area contributed by atoms with Crippen molar-refractivity contribution in [3.8, 4) is 0 Å². The van der Waals surface area contributed by atoms with Crippen molar-refractivity contribution in [2.75, 3.05) is 5.32 Å². The van der Waals surface area contributed by atoms with Crippen molar-refractivity contribution in [2.24, 2.45) is 0 Å². The van der Waals surface area contributed by atoms with Gasteiger partial charge < -0.3 is 10.1 Å². The maximum absolute atomic E-state index is 12.4. The van der Waals surface area contributed by atoms with Crippen molar-refractivity contribution < 1.29 is 14.3 Å². The van der Waals surface area contributed by atoms with Crippen LogP contribution in [0.3, 0.4) is 0 Å². The summed E-state index contributed by atoms with van der Waals surface area (Å²) in [5.41, 5.74) is 3.01. The molecule has 0 spiro atoms. The number of carbonyl (C=O) groups is 2. The van der Waals surface area contributed by atoms with Gasteiger partial charge in [-0.1, -0.05) is 48.9 Å². The van der Waals surface area contributed by atoms with Crippen molar-refractivity contribution >= 4 is 29.2 Å². The van der Waals surface area contributed by atoms with E-state index in [9.17, 15) is 9.59 Å². The highest BCUT2D eigenvalue weighted by Crippen LogP contribution is 2.22. The number of benzene rings is 2. The minimum Gasteiger partial charge on any atom is -0.449 e. The van der Waals surface area contributed by atoms with Crippen molar-refractivity contribution in [3.05, 3.63) is 64.2 Å². The van der Waals surface area contributed by atoms with E-state index in [0.29, 0.717) is 5.02 Å². The molecule has 0 fully saturated rings. The predicted octanol–water partition coefficient (Wildman–Crippen LogP) is 4.39. The maximum atomic E-state index is 12.4. The van der Waals surface area contributed by atoms with E-state index in [-0.39, 0.29) is 11.5 Å². The molecule has 0 bridgehead atoms. The van der Waals surface area contributed by atoms with Crippen LogP contribution in [0, 0.1) is 6.92 Å². The standard InChI is InChI=1S/C19H20ClNO3/c1-4-14-9-7-8-12(2)17(14)21-18(22)13(3)24-19(23)15-10-5-6-11-16(15)20/h5-11,13H,4H2,1-3H3,(H,21,22). The fourth-order valence-corrected chi connectivity index (χ4v) is 2.54. The van der Waals surface area contributed by atoms with Crippen LogP contribution in [-0.2, 0) is 16.0 Å². The van der Waals surface area contributed by atoms with E-state index in [1.807, 2.05) is 32.0 Å². The van der Waals surface area contributed by atoms with Crippen molar-refractivity contribution in [2.45, 2.75) is 33.3 Å². The summed E-state index contributed by atoms with van der Waals surface area (Å²) in [5, 5.41) is 3.15. The van der Waals surface area contributed by atoms with Gasteiger partial charge in [-0.05, 0) is 43.5 Å². The van der Waals surface area contributed by atoms with Gasteiger partial charge in [0, 0.05) is 5.69 Å². The third-order valence-corrected chi connectivity index (χ3v) is 4.06. The van der Waals surface area contributed by atoms with Crippen molar-refractivity contribution in [1.29, 1.82) is 0 Å². The van der Waals surface area contributed by atoms with Crippen LogP contribution >= 0.6 is 11.6 Å². The number of para-hydroxylation sites is 1. The van der Waals surface area contributed by atoms with Gasteiger partial charge in [0.25, 0.3) is 5.91 Å². The van der Waals surface area contributed by atoms with Gasteiger partial charge in [0.1, 0.15) is 0 Å². The highest BCUT2D eigenvalue weighted by molar-refractivity contribution is 6.33. The highest BCUT2D eigenvalue weighted by atomic mass is 35.5. The molecule has 0 radical (unpaired) electrons. The van der Waals surface area contributed by atoms with Crippen LogP contribution in [0.15, 0.2) is 42.5 Å². The Morgan fingerprint density at radius 2 is 1.88 bits per heavy atom. The first-order chi connectivity index (χ1) is 11.4. The molecule has 0 aliphatic rings. The first kappa shape index (κ1) is 18.0. The normalized spacial score (nSPS) is 11.7. The zero-order chi connectivity index (χ0) is 17.7. The number of rotatable bonds is 5. The number of carbonyl (C=O) groups excluding carboxylic acids is 2. The summed E-state index contributed by atoms with van der Waals surface area (Å²) in [6.07, 6.45) is -0.136. The number of halogens is 1. The molecule has 0 saturated carbocycles. The Labute approximate surface area is 146 Å². The number of nitrogens with one attached hydrogen (secondary N) is 1. The zero-order valence-corrected chi connectivity index (χ0v) is 14.7. The van der Waals surface area contributed by atoms with E-state index in [4.69, 9.17) is 16.3 Å². The van der Waals surface area contributed by atoms with Crippen molar-refractivity contribution in [3.63, 3.8) is 0 Å². The number of anilines is 1. The summed E-state index contributed by atoms with van der Waals surface area (Å²) in [5.74, 6) is -0.997. The Balaban J connectivity index is 2.08. The molecule has 1 atom stereocenters. The van der Waals surface area contributed by atoms with Gasteiger partial charge in [-0.2, -0.15) is 0 Å². The highest BCUT2D eigenvalue weighted by Gasteiger charge is 2.21. The Kier molecular flexibility index (Phi) is 5.99. The van der Waals surface area contributed by atoms with E-state index in [2.05, 4.69) is 5.32 Å². The lowest BCUT2D eigenvalue weighted by Crippen LogP contribution is -2.30. The lowest BCUT2D eigenvalue weighted by molar-refractivity contribution is -0.123. The quantitative estimate of drug-likeness (QED) is 0.817. The molecule has 0 aliphatic carbocycles. The van der Waals surface area contributed by atoms with E-state index >= 15 is 0 Å². The Morgan fingerprint density at radius 1 is 1.17 bits per heavy atom. The van der Waals surface area contributed by atoms with E-state index in [1.165, 1.54) is 6.92 Å². The summed E-state index contributed by atoms with van der Waals surface area (Å²) in [4.78, 5) is 24.5. The summed E-state index contributed by atoms with van der Waals surface area (Å²) >= 11 is 5.97. The SMILES string of the molecule is CCc1cccc(C)c1NC(=O)C(C)OC(=O)c1ccccc1Cl. The number of ether oxygens (including phenoxy) is 1. The second kappa shape index (κ2) is 7.97. The van der Waals surface area contributed by atoms with Crippen molar-refractivity contribution in [1.82, 2.24) is 0 Å². The average Bonchev–Trinajstić information content (AvgIpc) is 2.56. The smallest absolute Gasteiger partial charge is 0.340 e. The molecule has 0 aliphatic heterocycles. The second-order valence-electron chi connectivity index (χ2n) is 5.48. The van der Waals surface area contributed by atoms with E-state index in [1.54, 1.807) is 24.3 Å². The van der Waals surface area contributed by atoms with Crippen LogP contribution < -0.4 is 5.32 Å². The zero-order valence-electron chi connectivity index (χ0n) is 13.9. The van der Waals surface area contributed by atoms with Gasteiger partial charge in [-0.15, -0.1) is 0 Å². The molecule has 1 amide bonds. The number of esters is 1. The summed E-state index contributed by atoms with van der Waals surface area (Å²) in [6, 6.07) is 12.4. The first-order valence-corrected chi connectivity index (χ1v) is 8.16. The second-order valence-corrected chi connectivity index (χ2v) is 5.89. The molecular weight excluding hydrogens is 326 g/mol. The number of hydrogen-bond acceptors (Lipinski definition) is 3. The number of aryl methyl sites for hydroxylation is 2. The third-order valence-electron chi connectivity index (χ3n) is 3.73. The summed E-state index contributed by atoms with van der Waals surface area (Å²) in [6.45, 7) is 5.48. The van der Waals surface area contributed by atoms with Crippen LogP contribution in [0.1, 0.15) is 35.3 Å². The number of hydrogen-bond donors (Lipinski definition) is 1. The summed E-state index contributed by atoms with van der Waals surface area (Å²) in [7, 11) is 0. The molecule has 5 heteroatoms. The van der Waals surface area contributed by atoms with Crippen LogP contribution in [0.5, 0.6) is 0 Å². The summed E-state index contributed by atoms with van der Waals surface area (Å²) < 4.78 is 5.23. The third kappa shape index (κ3) is 4.15. The van der Waals surface area contributed by atoms with Gasteiger partial charge in [0.15, 0.2) is 6.10 Å². The van der Waals surface area contributed by atoms with Crippen LogP contribution in [0.2, 0.25) is 5.02 Å². The lowest BCUT2D eigenvalue weighted by Gasteiger charge is -2.17. The van der Waals surface area contributed by atoms with Crippen LogP contribution in [0.25, 0.3) is 0 Å². The monoisotopic (exact) mass is 345 g/mol. The molecule has 24 heavy (non-hydrogen) atoms. The Hall–Kier alpha value is -2.33. The number of amides is 1. The van der Waals surface area contributed by atoms with Gasteiger partial charge in [0.2, 0.25) is 0 Å². The van der Waals surface area contributed by atoms with Gasteiger partial charge in [-0.3, -0.25) is 4.79 Å². The van der Waals surface area contributed by atoms with Gasteiger partial charge in [0.05, 0.1) is 10.6 Å². The fraction of sp³-hybridized carbons (Fsp3) is 0.263.